The highest BCUT2D eigenvalue weighted by Gasteiger charge is 2.36. The first-order chi connectivity index (χ1) is 9.33. The van der Waals surface area contributed by atoms with Crippen LogP contribution in [-0.2, 0) is 0 Å². The summed E-state index contributed by atoms with van der Waals surface area (Å²) in [5.74, 6) is 0.954. The summed E-state index contributed by atoms with van der Waals surface area (Å²) in [6.45, 7) is 0. The van der Waals surface area contributed by atoms with E-state index in [1.165, 1.54) is 0 Å². The van der Waals surface area contributed by atoms with Crippen LogP contribution >= 0.6 is 11.8 Å². The van der Waals surface area contributed by atoms with Gasteiger partial charge in [0.25, 0.3) is 0 Å². The molecule has 4 nitrogen and oxygen atoms in total. The van der Waals surface area contributed by atoms with E-state index in [4.69, 9.17) is 4.42 Å². The van der Waals surface area contributed by atoms with Crippen LogP contribution in [0.3, 0.4) is 0 Å². The van der Waals surface area contributed by atoms with E-state index in [1.807, 2.05) is 36.4 Å². The van der Waals surface area contributed by atoms with Crippen molar-refractivity contribution in [1.82, 2.24) is 4.57 Å². The van der Waals surface area contributed by atoms with Crippen LogP contribution in [0.25, 0.3) is 11.0 Å². The molecule has 1 unspecified atom stereocenters. The van der Waals surface area contributed by atoms with Gasteiger partial charge in [0, 0.05) is 0 Å². The molecule has 3 aromatic rings. The van der Waals surface area contributed by atoms with E-state index in [0.717, 1.165) is 22.0 Å². The maximum absolute atomic E-state index is 12.4. The van der Waals surface area contributed by atoms with Crippen molar-refractivity contribution in [1.29, 1.82) is 0 Å². The van der Waals surface area contributed by atoms with Gasteiger partial charge in [0.1, 0.15) is 5.76 Å². The summed E-state index contributed by atoms with van der Waals surface area (Å²) in [5, 5.41) is 0.925. The van der Waals surface area contributed by atoms with Crippen LogP contribution in [0.4, 0.5) is 0 Å². The quantitative estimate of drug-likeness (QED) is 0.683. The van der Waals surface area contributed by atoms with Gasteiger partial charge in [-0.3, -0.25) is 0 Å². The van der Waals surface area contributed by atoms with Gasteiger partial charge < -0.3 is 4.42 Å². The molecule has 19 heavy (non-hydrogen) atoms. The number of carbonyl (C=O) groups excluding carboxylic acids is 1. The van der Waals surface area contributed by atoms with Gasteiger partial charge in [-0.25, -0.2) is 9.78 Å². The van der Waals surface area contributed by atoms with Crippen LogP contribution in [0.1, 0.15) is 22.2 Å². The number of aromatic nitrogens is 2. The molecule has 0 spiro atoms. The Balaban J connectivity index is 1.85. The highest BCUT2D eigenvalue weighted by molar-refractivity contribution is 7.99. The Morgan fingerprint density at radius 1 is 1.26 bits per heavy atom. The Morgan fingerprint density at radius 2 is 2.16 bits per heavy atom. The van der Waals surface area contributed by atoms with E-state index < -0.39 is 0 Å². The number of furan rings is 1. The average Bonchev–Trinajstić information content (AvgIpc) is 3.05. The molecule has 0 amide bonds. The lowest BCUT2D eigenvalue weighted by molar-refractivity contribution is -0.398. The van der Waals surface area contributed by atoms with E-state index in [2.05, 4.69) is 4.98 Å². The number of hydrogen-bond donors (Lipinski definition) is 0. The number of nitrogens with one attached hydrogen (secondary N) is 1. The number of carbonyl (C=O) groups is 1. The van der Waals surface area contributed by atoms with Crippen LogP contribution < -0.4 is 4.98 Å². The zero-order valence-electron chi connectivity index (χ0n) is 10.00. The summed E-state index contributed by atoms with van der Waals surface area (Å²) < 4.78 is 7.18. The molecule has 0 saturated heterocycles. The third-order valence-corrected chi connectivity index (χ3v) is 4.50. The molecule has 0 bridgehead atoms. The summed E-state index contributed by atoms with van der Waals surface area (Å²) in [7, 11) is 0. The summed E-state index contributed by atoms with van der Waals surface area (Å²) in [5.41, 5.74) is 1.92. The Morgan fingerprint density at radius 3 is 3.00 bits per heavy atom. The highest BCUT2D eigenvalue weighted by atomic mass is 32.2. The molecule has 1 N–H and O–H groups in total. The first kappa shape index (κ1) is 10.9. The molecule has 1 aliphatic rings. The predicted molar refractivity (Wildman–Crippen MR) is 71.0 cm³/mol. The van der Waals surface area contributed by atoms with E-state index in [9.17, 15) is 4.79 Å². The van der Waals surface area contributed by atoms with Crippen molar-refractivity contribution in [3.8, 4) is 0 Å². The Bertz CT molecular complexity index is 761. The Labute approximate surface area is 113 Å². The topological polar surface area (TPSA) is 49.3 Å². The fourth-order valence-electron chi connectivity index (χ4n) is 2.44. The number of H-pyrrole nitrogens is 1. The Hall–Kier alpha value is -2.01. The molecule has 2 aromatic heterocycles. The standard InChI is InChI=1S/C14H10N2O2S/c17-13-8-12(11-6-3-7-18-11)19-14-15-9-4-1-2-5-10(9)16(13)14/h1-7,12H,8H2/p+1. The van der Waals surface area contributed by atoms with E-state index in [-0.39, 0.29) is 11.2 Å². The molecular weight excluding hydrogens is 260 g/mol. The van der Waals surface area contributed by atoms with Crippen molar-refractivity contribution < 1.29 is 14.2 Å². The summed E-state index contributed by atoms with van der Waals surface area (Å²) >= 11 is 1.64. The van der Waals surface area contributed by atoms with Crippen LogP contribution in [0.15, 0.2) is 52.2 Å². The van der Waals surface area contributed by atoms with Crippen molar-refractivity contribution in [2.24, 2.45) is 0 Å². The smallest absolute Gasteiger partial charge is 0.325 e. The lowest BCUT2D eigenvalue weighted by atomic mass is 10.2. The molecule has 0 radical (unpaired) electrons. The number of rotatable bonds is 1. The molecule has 94 valence electrons. The van der Waals surface area contributed by atoms with Crippen molar-refractivity contribution in [3.05, 3.63) is 48.4 Å². The lowest BCUT2D eigenvalue weighted by Gasteiger charge is -2.14. The number of fused-ring (bicyclic) bond motifs is 3. The highest BCUT2D eigenvalue weighted by Crippen LogP contribution is 2.41. The molecule has 4 rings (SSSR count). The zero-order chi connectivity index (χ0) is 12.8. The maximum atomic E-state index is 12.4. The fraction of sp³-hybridized carbons (Fsp3) is 0.143. The molecule has 1 atom stereocenters. The van der Waals surface area contributed by atoms with Gasteiger partial charge in [0.05, 0.1) is 17.9 Å². The summed E-state index contributed by atoms with van der Waals surface area (Å²) in [6.07, 6.45) is 2.10. The maximum Gasteiger partial charge on any atom is 0.325 e. The Kier molecular flexibility index (Phi) is 2.29. The van der Waals surface area contributed by atoms with Crippen LogP contribution in [0, 0.1) is 0 Å². The van der Waals surface area contributed by atoms with E-state index >= 15 is 0 Å². The van der Waals surface area contributed by atoms with Gasteiger partial charge in [-0.15, -0.1) is 0 Å². The predicted octanol–water partition coefficient (Wildman–Crippen LogP) is 2.93. The number of aromatic amines is 1. The summed E-state index contributed by atoms with van der Waals surface area (Å²) in [6, 6.07) is 11.6. The van der Waals surface area contributed by atoms with Gasteiger partial charge in [-0.05, 0) is 36.0 Å². The second-order valence-electron chi connectivity index (χ2n) is 4.50. The molecule has 5 heteroatoms. The van der Waals surface area contributed by atoms with Gasteiger partial charge in [0.15, 0.2) is 11.0 Å². The molecule has 0 saturated carbocycles. The minimum absolute atomic E-state index is 0.0514. The number of para-hydroxylation sites is 2. The van der Waals surface area contributed by atoms with Crippen LogP contribution in [0.2, 0.25) is 0 Å². The minimum atomic E-state index is 0.0514. The van der Waals surface area contributed by atoms with Gasteiger partial charge in [-0.1, -0.05) is 12.1 Å². The first-order valence-corrected chi connectivity index (χ1v) is 6.97. The first-order valence-electron chi connectivity index (χ1n) is 6.09. The van der Waals surface area contributed by atoms with E-state index in [0.29, 0.717) is 6.42 Å². The van der Waals surface area contributed by atoms with Crippen LogP contribution in [-0.4, -0.2) is 10.5 Å². The largest absolute Gasteiger partial charge is 0.468 e. The third kappa shape index (κ3) is 1.62. The fourth-order valence-corrected chi connectivity index (χ4v) is 3.66. The second kappa shape index (κ2) is 3.99. The molecule has 1 aromatic carbocycles. The summed E-state index contributed by atoms with van der Waals surface area (Å²) in [4.78, 5) is 15.7. The molecule has 0 fully saturated rings. The SMILES string of the molecule is O=C1CC(c2ccco2)Sc2[nH+]c3ccccc3n21. The van der Waals surface area contributed by atoms with Crippen molar-refractivity contribution in [2.75, 3.05) is 0 Å². The van der Waals surface area contributed by atoms with Gasteiger partial charge in [0.2, 0.25) is 0 Å². The van der Waals surface area contributed by atoms with Crippen molar-refractivity contribution in [3.63, 3.8) is 0 Å². The molecule has 0 aliphatic carbocycles. The molecule has 1 aliphatic heterocycles. The zero-order valence-corrected chi connectivity index (χ0v) is 10.8. The number of imidazole rings is 1. The third-order valence-electron chi connectivity index (χ3n) is 3.31. The number of thioether (sulfide) groups is 1. The molecule has 3 heterocycles. The average molecular weight is 271 g/mol. The van der Waals surface area contributed by atoms with Gasteiger partial charge >= 0.3 is 11.1 Å². The minimum Gasteiger partial charge on any atom is -0.468 e. The van der Waals surface area contributed by atoms with E-state index in [1.54, 1.807) is 22.6 Å². The normalized spacial score (nSPS) is 18.7. The number of hydrogen-bond acceptors (Lipinski definition) is 3. The van der Waals surface area contributed by atoms with Crippen LogP contribution in [0.5, 0.6) is 0 Å². The van der Waals surface area contributed by atoms with Crippen molar-refractivity contribution >= 4 is 28.7 Å². The number of nitrogens with zero attached hydrogens (tertiary/aromatic N) is 1. The lowest BCUT2D eigenvalue weighted by Crippen LogP contribution is -2.22. The van der Waals surface area contributed by atoms with Gasteiger partial charge in [-0.2, -0.15) is 4.57 Å². The number of benzene rings is 1. The second-order valence-corrected chi connectivity index (χ2v) is 5.69. The van der Waals surface area contributed by atoms with Crippen molar-refractivity contribution in [2.45, 2.75) is 16.8 Å². The molecular formula is C14H11N2O2S+. The monoisotopic (exact) mass is 271 g/mol.